The molecule has 4 heteroatoms. The monoisotopic (exact) mass is 405 g/mol. The van der Waals surface area contributed by atoms with Gasteiger partial charge in [0, 0.05) is 46.4 Å². The van der Waals surface area contributed by atoms with Crippen LogP contribution in [-0.4, -0.2) is 15.5 Å². The lowest BCUT2D eigenvalue weighted by molar-refractivity contribution is -0.115. The molecule has 0 fully saturated rings. The number of rotatable bonds is 4. The van der Waals surface area contributed by atoms with Crippen LogP contribution in [0.4, 0.5) is 5.69 Å². The Morgan fingerprint density at radius 3 is 2.45 bits per heavy atom. The highest BCUT2D eigenvalue weighted by molar-refractivity contribution is 6.08. The molecule has 0 unspecified atom stereocenters. The minimum Gasteiger partial charge on any atom is -0.344 e. The van der Waals surface area contributed by atoms with Gasteiger partial charge in [0.05, 0.1) is 6.42 Å². The standard InChI is InChI=1S/C27H23N3O/c1-18-15-21(13-14-28-18)20-8-10-22(11-9-20)29-27(31)17-19-7-12-26-24(16-19)23-5-3-4-6-25(23)30(26)2/h3-16H,17H2,1-2H3,(H,29,31). The van der Waals surface area contributed by atoms with Crippen LogP contribution in [0.3, 0.4) is 0 Å². The molecule has 4 nitrogen and oxygen atoms in total. The first-order chi connectivity index (χ1) is 15.1. The number of fused-ring (bicyclic) bond motifs is 3. The van der Waals surface area contributed by atoms with Crippen molar-refractivity contribution in [1.29, 1.82) is 0 Å². The van der Waals surface area contributed by atoms with Crippen molar-refractivity contribution < 1.29 is 4.79 Å². The van der Waals surface area contributed by atoms with E-state index in [9.17, 15) is 4.79 Å². The number of nitrogens with zero attached hydrogens (tertiary/aromatic N) is 2. The lowest BCUT2D eigenvalue weighted by Crippen LogP contribution is -2.14. The molecule has 2 aromatic heterocycles. The molecule has 31 heavy (non-hydrogen) atoms. The van der Waals surface area contributed by atoms with Gasteiger partial charge >= 0.3 is 0 Å². The number of para-hydroxylation sites is 1. The molecule has 2 heterocycles. The SMILES string of the molecule is Cc1cc(-c2ccc(NC(=O)Cc3ccc4c(c3)c3ccccc3n4C)cc2)ccn1. The maximum atomic E-state index is 12.7. The molecular formula is C27H23N3O. The number of hydrogen-bond acceptors (Lipinski definition) is 2. The van der Waals surface area contributed by atoms with Crippen molar-refractivity contribution in [2.75, 3.05) is 5.32 Å². The van der Waals surface area contributed by atoms with Crippen LogP contribution in [0.1, 0.15) is 11.3 Å². The molecule has 1 N–H and O–H groups in total. The Morgan fingerprint density at radius 2 is 1.65 bits per heavy atom. The first-order valence-corrected chi connectivity index (χ1v) is 10.4. The molecule has 152 valence electrons. The van der Waals surface area contributed by atoms with Crippen LogP contribution in [-0.2, 0) is 18.3 Å². The average molecular weight is 406 g/mol. The Kier molecular flexibility index (Phi) is 4.75. The number of amides is 1. The lowest BCUT2D eigenvalue weighted by Gasteiger charge is -2.08. The molecule has 3 aromatic carbocycles. The van der Waals surface area contributed by atoms with Gasteiger partial charge in [-0.1, -0.05) is 36.4 Å². The van der Waals surface area contributed by atoms with Crippen LogP contribution in [0.5, 0.6) is 0 Å². The fraction of sp³-hybridized carbons (Fsp3) is 0.111. The number of hydrogen-bond donors (Lipinski definition) is 1. The molecule has 1 amide bonds. The van der Waals surface area contributed by atoms with E-state index in [1.54, 1.807) is 0 Å². The van der Waals surface area contributed by atoms with E-state index in [-0.39, 0.29) is 5.91 Å². The third-order valence-electron chi connectivity index (χ3n) is 5.74. The van der Waals surface area contributed by atoms with E-state index in [4.69, 9.17) is 0 Å². The van der Waals surface area contributed by atoms with Gasteiger partial charge in [-0.05, 0) is 66.1 Å². The summed E-state index contributed by atoms with van der Waals surface area (Å²) in [5.41, 5.74) is 7.38. The Balaban J connectivity index is 1.33. The van der Waals surface area contributed by atoms with Crippen molar-refractivity contribution in [2.24, 2.45) is 7.05 Å². The molecular weight excluding hydrogens is 382 g/mol. The molecule has 5 aromatic rings. The Hall–Kier alpha value is -3.92. The maximum absolute atomic E-state index is 12.7. The number of aryl methyl sites for hydroxylation is 2. The molecule has 5 rings (SSSR count). The van der Waals surface area contributed by atoms with Gasteiger partial charge in [-0.3, -0.25) is 9.78 Å². The van der Waals surface area contributed by atoms with Gasteiger partial charge in [-0.15, -0.1) is 0 Å². The summed E-state index contributed by atoms with van der Waals surface area (Å²) < 4.78 is 2.19. The summed E-state index contributed by atoms with van der Waals surface area (Å²) in [4.78, 5) is 16.9. The van der Waals surface area contributed by atoms with Gasteiger partial charge in [0.25, 0.3) is 0 Å². The number of aromatic nitrogens is 2. The first-order valence-electron chi connectivity index (χ1n) is 10.4. The highest BCUT2D eigenvalue weighted by Crippen LogP contribution is 2.29. The van der Waals surface area contributed by atoms with Gasteiger partial charge in [0.2, 0.25) is 5.91 Å². The van der Waals surface area contributed by atoms with E-state index < -0.39 is 0 Å². The lowest BCUT2D eigenvalue weighted by atomic mass is 10.1. The predicted molar refractivity (Wildman–Crippen MR) is 127 cm³/mol. The summed E-state index contributed by atoms with van der Waals surface area (Å²) in [5, 5.41) is 5.41. The van der Waals surface area contributed by atoms with Crippen LogP contribution >= 0.6 is 0 Å². The first kappa shape index (κ1) is 19.1. The second-order valence-corrected chi connectivity index (χ2v) is 7.92. The Bertz CT molecular complexity index is 1410. The Morgan fingerprint density at radius 1 is 0.871 bits per heavy atom. The minimum absolute atomic E-state index is 0.0212. The van der Waals surface area contributed by atoms with Crippen LogP contribution in [0, 0.1) is 6.92 Å². The van der Waals surface area contributed by atoms with Crippen LogP contribution in [0.25, 0.3) is 32.9 Å². The van der Waals surface area contributed by atoms with E-state index in [1.807, 2.05) is 49.5 Å². The molecule has 0 saturated carbocycles. The van der Waals surface area contributed by atoms with E-state index in [0.29, 0.717) is 6.42 Å². The van der Waals surface area contributed by atoms with Gasteiger partial charge in [0.1, 0.15) is 0 Å². The van der Waals surface area contributed by atoms with Crippen molar-refractivity contribution in [2.45, 2.75) is 13.3 Å². The summed E-state index contributed by atoms with van der Waals surface area (Å²) in [6.45, 7) is 1.98. The maximum Gasteiger partial charge on any atom is 0.228 e. The third-order valence-corrected chi connectivity index (χ3v) is 5.74. The summed E-state index contributed by atoms with van der Waals surface area (Å²) in [5.74, 6) is -0.0212. The molecule has 0 spiro atoms. The summed E-state index contributed by atoms with van der Waals surface area (Å²) in [6, 6.07) is 26.6. The van der Waals surface area contributed by atoms with Crippen molar-refractivity contribution in [1.82, 2.24) is 9.55 Å². The number of nitrogens with one attached hydrogen (secondary N) is 1. The second kappa shape index (κ2) is 7.73. The van der Waals surface area contributed by atoms with Crippen molar-refractivity contribution in [3.8, 4) is 11.1 Å². The van der Waals surface area contributed by atoms with Crippen molar-refractivity contribution >= 4 is 33.4 Å². The number of anilines is 1. The van der Waals surface area contributed by atoms with E-state index in [0.717, 1.165) is 28.1 Å². The topological polar surface area (TPSA) is 46.9 Å². The predicted octanol–water partition coefficient (Wildman–Crippen LogP) is 5.88. The highest BCUT2D eigenvalue weighted by atomic mass is 16.1. The number of benzene rings is 3. The van der Waals surface area contributed by atoms with E-state index >= 15 is 0 Å². The summed E-state index contributed by atoms with van der Waals surface area (Å²) in [7, 11) is 2.08. The average Bonchev–Trinajstić information content (AvgIpc) is 3.06. The third kappa shape index (κ3) is 3.68. The zero-order valence-electron chi connectivity index (χ0n) is 17.6. The molecule has 0 bridgehead atoms. The van der Waals surface area contributed by atoms with Gasteiger partial charge in [-0.2, -0.15) is 0 Å². The van der Waals surface area contributed by atoms with Gasteiger partial charge in [0.15, 0.2) is 0 Å². The fourth-order valence-electron chi connectivity index (χ4n) is 4.19. The van der Waals surface area contributed by atoms with Crippen molar-refractivity contribution in [3.05, 3.63) is 96.3 Å². The zero-order valence-corrected chi connectivity index (χ0v) is 17.6. The highest BCUT2D eigenvalue weighted by Gasteiger charge is 2.10. The van der Waals surface area contributed by atoms with Crippen LogP contribution in [0.15, 0.2) is 85.1 Å². The molecule has 0 radical (unpaired) electrons. The van der Waals surface area contributed by atoms with Crippen molar-refractivity contribution in [3.63, 3.8) is 0 Å². The minimum atomic E-state index is -0.0212. The Labute approximate surface area is 181 Å². The van der Waals surface area contributed by atoms with E-state index in [1.165, 1.54) is 21.8 Å². The number of carbonyl (C=O) groups excluding carboxylic acids is 1. The van der Waals surface area contributed by atoms with E-state index in [2.05, 4.69) is 64.4 Å². The molecule has 0 saturated heterocycles. The summed E-state index contributed by atoms with van der Waals surface area (Å²) in [6.07, 6.45) is 2.15. The molecule has 0 atom stereocenters. The molecule has 0 aliphatic carbocycles. The normalized spacial score (nSPS) is 11.2. The largest absolute Gasteiger partial charge is 0.344 e. The summed E-state index contributed by atoms with van der Waals surface area (Å²) >= 11 is 0. The fourth-order valence-corrected chi connectivity index (χ4v) is 4.19. The molecule has 0 aliphatic heterocycles. The quantitative estimate of drug-likeness (QED) is 0.406. The smallest absolute Gasteiger partial charge is 0.228 e. The number of pyridine rings is 1. The zero-order chi connectivity index (χ0) is 21.4. The van der Waals surface area contributed by atoms with Gasteiger partial charge in [-0.25, -0.2) is 0 Å². The molecule has 0 aliphatic rings. The van der Waals surface area contributed by atoms with Crippen LogP contribution < -0.4 is 5.32 Å². The number of carbonyl (C=O) groups is 1. The van der Waals surface area contributed by atoms with Crippen LogP contribution in [0.2, 0.25) is 0 Å². The van der Waals surface area contributed by atoms with Gasteiger partial charge < -0.3 is 9.88 Å². The second-order valence-electron chi connectivity index (χ2n) is 7.92.